The lowest BCUT2D eigenvalue weighted by molar-refractivity contribution is 0.174. The lowest BCUT2D eigenvalue weighted by Gasteiger charge is -2.36. The average Bonchev–Trinajstić information content (AvgIpc) is 2.38. The molecule has 0 radical (unpaired) electrons. The second-order valence-corrected chi connectivity index (χ2v) is 6.32. The summed E-state index contributed by atoms with van der Waals surface area (Å²) >= 11 is 11.4. The number of hydrogen-bond donors (Lipinski definition) is 1. The Kier molecular flexibility index (Phi) is 5.64. The van der Waals surface area contributed by atoms with E-state index < -0.39 is 0 Å². The van der Waals surface area contributed by atoms with E-state index in [-0.39, 0.29) is 0 Å². The predicted octanol–water partition coefficient (Wildman–Crippen LogP) is 2.74. The molecule has 0 aromatic heterocycles. The summed E-state index contributed by atoms with van der Waals surface area (Å²) in [4.78, 5) is 4.70. The SMILES string of the molecule is CC(C)NC(=S)N1CCN(Cc2cccc(Cl)c2)CC1. The monoisotopic (exact) mass is 311 g/mol. The zero-order chi connectivity index (χ0) is 14.5. The summed E-state index contributed by atoms with van der Waals surface area (Å²) in [5.41, 5.74) is 1.27. The molecule has 0 unspecified atom stereocenters. The van der Waals surface area contributed by atoms with Crippen LogP contribution >= 0.6 is 23.8 Å². The van der Waals surface area contributed by atoms with Crippen LogP contribution in [0, 0.1) is 0 Å². The van der Waals surface area contributed by atoms with Gasteiger partial charge in [-0.05, 0) is 43.8 Å². The minimum absolute atomic E-state index is 0.395. The van der Waals surface area contributed by atoms with E-state index >= 15 is 0 Å². The van der Waals surface area contributed by atoms with Crippen molar-refractivity contribution in [1.82, 2.24) is 15.1 Å². The fourth-order valence-electron chi connectivity index (χ4n) is 2.34. The van der Waals surface area contributed by atoms with Gasteiger partial charge in [0.25, 0.3) is 0 Å². The number of nitrogens with one attached hydrogen (secondary N) is 1. The first-order chi connectivity index (χ1) is 9.54. The van der Waals surface area contributed by atoms with Crippen LogP contribution in [0.1, 0.15) is 19.4 Å². The summed E-state index contributed by atoms with van der Waals surface area (Å²) in [5.74, 6) is 0. The Morgan fingerprint density at radius 3 is 2.60 bits per heavy atom. The molecule has 1 aromatic rings. The number of benzene rings is 1. The van der Waals surface area contributed by atoms with Crippen molar-refractivity contribution in [3.63, 3.8) is 0 Å². The molecule has 0 spiro atoms. The highest BCUT2D eigenvalue weighted by Gasteiger charge is 2.19. The molecule has 1 aliphatic heterocycles. The van der Waals surface area contributed by atoms with Gasteiger partial charge < -0.3 is 10.2 Å². The highest BCUT2D eigenvalue weighted by molar-refractivity contribution is 7.80. The highest BCUT2D eigenvalue weighted by atomic mass is 35.5. The van der Waals surface area contributed by atoms with Gasteiger partial charge >= 0.3 is 0 Å². The summed E-state index contributed by atoms with van der Waals surface area (Å²) < 4.78 is 0. The van der Waals surface area contributed by atoms with Crippen molar-refractivity contribution in [2.75, 3.05) is 26.2 Å². The smallest absolute Gasteiger partial charge is 0.169 e. The third-order valence-electron chi connectivity index (χ3n) is 3.37. The molecule has 1 heterocycles. The van der Waals surface area contributed by atoms with Crippen LogP contribution < -0.4 is 5.32 Å². The van der Waals surface area contributed by atoms with Gasteiger partial charge in [-0.3, -0.25) is 4.90 Å². The number of thiocarbonyl (C=S) groups is 1. The third-order valence-corrected chi connectivity index (χ3v) is 3.98. The number of rotatable bonds is 3. The second kappa shape index (κ2) is 7.25. The molecule has 0 aliphatic carbocycles. The Hall–Kier alpha value is -0.840. The van der Waals surface area contributed by atoms with E-state index in [1.807, 2.05) is 18.2 Å². The van der Waals surface area contributed by atoms with Crippen LogP contribution in [-0.4, -0.2) is 47.1 Å². The largest absolute Gasteiger partial charge is 0.360 e. The Morgan fingerprint density at radius 1 is 1.30 bits per heavy atom. The quantitative estimate of drug-likeness (QED) is 0.865. The molecule has 1 fully saturated rings. The van der Waals surface area contributed by atoms with E-state index in [9.17, 15) is 0 Å². The molecule has 3 nitrogen and oxygen atoms in total. The molecule has 1 saturated heterocycles. The van der Waals surface area contributed by atoms with Gasteiger partial charge in [0.2, 0.25) is 0 Å². The van der Waals surface area contributed by atoms with Crippen LogP contribution in [-0.2, 0) is 6.54 Å². The average molecular weight is 312 g/mol. The van der Waals surface area contributed by atoms with Crippen molar-refractivity contribution in [3.8, 4) is 0 Å². The number of halogens is 1. The zero-order valence-electron chi connectivity index (χ0n) is 12.1. The molecule has 20 heavy (non-hydrogen) atoms. The maximum absolute atomic E-state index is 6.02. The van der Waals surface area contributed by atoms with Gasteiger partial charge in [-0.1, -0.05) is 23.7 Å². The van der Waals surface area contributed by atoms with E-state index in [4.69, 9.17) is 23.8 Å². The van der Waals surface area contributed by atoms with Gasteiger partial charge in [0.1, 0.15) is 0 Å². The Morgan fingerprint density at radius 2 is 2.00 bits per heavy atom. The van der Waals surface area contributed by atoms with Gasteiger partial charge in [-0.25, -0.2) is 0 Å². The summed E-state index contributed by atoms with van der Waals surface area (Å²) in [6, 6.07) is 8.49. The fourth-order valence-corrected chi connectivity index (χ4v) is 2.97. The topological polar surface area (TPSA) is 18.5 Å². The standard InChI is InChI=1S/C15H22ClN3S/c1-12(2)17-15(20)19-8-6-18(7-9-19)11-13-4-3-5-14(16)10-13/h3-5,10,12H,6-9,11H2,1-2H3,(H,17,20). The van der Waals surface area contributed by atoms with Gasteiger partial charge in [0.05, 0.1) is 0 Å². The molecule has 5 heteroatoms. The Balaban J connectivity index is 1.81. The minimum Gasteiger partial charge on any atom is -0.360 e. The van der Waals surface area contributed by atoms with Crippen molar-refractivity contribution in [2.45, 2.75) is 26.4 Å². The van der Waals surface area contributed by atoms with Crippen LogP contribution in [0.25, 0.3) is 0 Å². The van der Waals surface area contributed by atoms with Crippen molar-refractivity contribution in [2.24, 2.45) is 0 Å². The molecule has 2 rings (SSSR count). The Bertz CT molecular complexity index is 456. The molecule has 0 saturated carbocycles. The first-order valence-corrected chi connectivity index (χ1v) is 7.85. The number of piperazine rings is 1. The van der Waals surface area contributed by atoms with E-state index in [1.165, 1.54) is 5.56 Å². The van der Waals surface area contributed by atoms with Crippen LogP contribution in [0.2, 0.25) is 5.02 Å². The van der Waals surface area contributed by atoms with E-state index in [1.54, 1.807) is 0 Å². The van der Waals surface area contributed by atoms with E-state index in [0.717, 1.165) is 42.9 Å². The molecule has 1 aliphatic rings. The van der Waals surface area contributed by atoms with Crippen LogP contribution in [0.15, 0.2) is 24.3 Å². The summed E-state index contributed by atoms with van der Waals surface area (Å²) in [6.45, 7) is 9.22. The van der Waals surface area contributed by atoms with Crippen molar-refractivity contribution in [3.05, 3.63) is 34.9 Å². The molecular weight excluding hydrogens is 290 g/mol. The zero-order valence-corrected chi connectivity index (χ0v) is 13.7. The summed E-state index contributed by atoms with van der Waals surface area (Å²) in [7, 11) is 0. The van der Waals surface area contributed by atoms with Crippen LogP contribution in [0.3, 0.4) is 0 Å². The first kappa shape index (κ1) is 15.5. The molecule has 110 valence electrons. The minimum atomic E-state index is 0.395. The van der Waals surface area contributed by atoms with E-state index in [2.05, 4.69) is 35.0 Å². The first-order valence-electron chi connectivity index (χ1n) is 7.07. The second-order valence-electron chi connectivity index (χ2n) is 5.50. The van der Waals surface area contributed by atoms with Crippen LogP contribution in [0.4, 0.5) is 0 Å². The Labute approximate surface area is 131 Å². The lowest BCUT2D eigenvalue weighted by Crippen LogP contribution is -2.52. The summed E-state index contributed by atoms with van der Waals surface area (Å²) in [5, 5.41) is 4.99. The highest BCUT2D eigenvalue weighted by Crippen LogP contribution is 2.14. The number of nitrogens with zero attached hydrogens (tertiary/aromatic N) is 2. The normalized spacial score (nSPS) is 16.5. The van der Waals surface area contributed by atoms with Crippen molar-refractivity contribution < 1.29 is 0 Å². The number of hydrogen-bond acceptors (Lipinski definition) is 2. The van der Waals surface area contributed by atoms with Gasteiger partial charge in [-0.2, -0.15) is 0 Å². The van der Waals surface area contributed by atoms with Gasteiger partial charge in [0, 0.05) is 43.8 Å². The molecular formula is C15H22ClN3S. The molecule has 0 amide bonds. The third kappa shape index (κ3) is 4.62. The molecule has 0 bridgehead atoms. The van der Waals surface area contributed by atoms with Crippen molar-refractivity contribution in [1.29, 1.82) is 0 Å². The molecule has 1 aromatic carbocycles. The van der Waals surface area contributed by atoms with Gasteiger partial charge in [-0.15, -0.1) is 0 Å². The molecule has 0 atom stereocenters. The van der Waals surface area contributed by atoms with E-state index in [0.29, 0.717) is 6.04 Å². The maximum Gasteiger partial charge on any atom is 0.169 e. The van der Waals surface area contributed by atoms with Gasteiger partial charge in [0.15, 0.2) is 5.11 Å². The van der Waals surface area contributed by atoms with Crippen LogP contribution in [0.5, 0.6) is 0 Å². The van der Waals surface area contributed by atoms with Crippen molar-refractivity contribution >= 4 is 28.9 Å². The fraction of sp³-hybridized carbons (Fsp3) is 0.533. The molecule has 1 N–H and O–H groups in total. The summed E-state index contributed by atoms with van der Waals surface area (Å²) in [6.07, 6.45) is 0. The maximum atomic E-state index is 6.02. The lowest BCUT2D eigenvalue weighted by atomic mass is 10.2. The predicted molar refractivity (Wildman–Crippen MR) is 89.2 cm³/mol.